The number of hydrogen-bond acceptors (Lipinski definition) is 4. The molecular weight excluding hydrogens is 385 g/mol. The molecule has 3 rings (SSSR count). The van der Waals surface area contributed by atoms with Gasteiger partial charge in [0.1, 0.15) is 11.4 Å². The lowest BCUT2D eigenvalue weighted by Crippen LogP contribution is -2.09. The Labute approximate surface area is 163 Å². The number of allylic oxidation sites excluding steroid dienone is 2. The van der Waals surface area contributed by atoms with Gasteiger partial charge in [0, 0.05) is 5.56 Å². The Morgan fingerprint density at radius 2 is 1.62 bits per heavy atom. The van der Waals surface area contributed by atoms with Crippen molar-refractivity contribution < 1.29 is 27.9 Å². The number of phenols is 1. The molecular formula is C21H15F3N2O3. The lowest BCUT2D eigenvalue weighted by molar-refractivity contribution is -0.137. The Hall–Kier alpha value is -3.68. The van der Waals surface area contributed by atoms with Crippen molar-refractivity contribution in [2.24, 2.45) is 0 Å². The van der Waals surface area contributed by atoms with Crippen LogP contribution in [0.4, 0.5) is 13.2 Å². The number of benzene rings is 2. The highest BCUT2D eigenvalue weighted by Crippen LogP contribution is 2.30. The van der Waals surface area contributed by atoms with Crippen LogP contribution in [0.3, 0.4) is 0 Å². The van der Waals surface area contributed by atoms with Crippen molar-refractivity contribution in [2.75, 3.05) is 0 Å². The normalized spacial score (nSPS) is 11.7. The first-order valence-corrected chi connectivity index (χ1v) is 8.45. The van der Waals surface area contributed by atoms with Crippen molar-refractivity contribution in [3.05, 3.63) is 78.0 Å². The molecule has 0 radical (unpaired) electrons. The first-order valence-electron chi connectivity index (χ1n) is 8.45. The predicted molar refractivity (Wildman–Crippen MR) is 99.8 cm³/mol. The van der Waals surface area contributed by atoms with E-state index >= 15 is 0 Å². The van der Waals surface area contributed by atoms with E-state index in [9.17, 15) is 27.9 Å². The smallest absolute Gasteiger partial charge is 0.416 e. The van der Waals surface area contributed by atoms with Gasteiger partial charge in [0.05, 0.1) is 16.9 Å². The van der Waals surface area contributed by atoms with Crippen molar-refractivity contribution in [3.8, 4) is 22.7 Å². The summed E-state index contributed by atoms with van der Waals surface area (Å²) >= 11 is 0. The number of phenolic OH excluding ortho intramolecular Hbond substituents is 1. The zero-order valence-corrected chi connectivity index (χ0v) is 15.1. The molecule has 0 aliphatic carbocycles. The van der Waals surface area contributed by atoms with Crippen LogP contribution in [0.1, 0.15) is 23.0 Å². The molecule has 1 N–H and O–H groups in total. The minimum atomic E-state index is -4.48. The first kappa shape index (κ1) is 20.1. The van der Waals surface area contributed by atoms with Gasteiger partial charge in [-0.2, -0.15) is 18.3 Å². The van der Waals surface area contributed by atoms with Gasteiger partial charge in [-0.15, -0.1) is 0 Å². The van der Waals surface area contributed by atoms with Crippen molar-refractivity contribution in [3.63, 3.8) is 0 Å². The molecule has 0 saturated heterocycles. The standard InChI is InChI=1S/C21H15F3N2O3/c1-13(27)2-11-20(29)19-12-18(14-3-9-17(28)10-4-14)25-26(19)16-7-5-15(6-8-16)21(22,23)24/h2-12,28H,1H3/b11-2-. The average molecular weight is 400 g/mol. The maximum atomic E-state index is 12.8. The number of alkyl halides is 3. The highest BCUT2D eigenvalue weighted by atomic mass is 19.4. The fourth-order valence-electron chi connectivity index (χ4n) is 2.60. The molecule has 0 fully saturated rings. The summed E-state index contributed by atoms with van der Waals surface area (Å²) in [6.07, 6.45) is -2.30. The minimum Gasteiger partial charge on any atom is -0.508 e. The van der Waals surface area contributed by atoms with E-state index in [0.29, 0.717) is 11.3 Å². The zero-order valence-electron chi connectivity index (χ0n) is 15.1. The molecule has 8 heteroatoms. The summed E-state index contributed by atoms with van der Waals surface area (Å²) in [6, 6.07) is 11.8. The fraction of sp³-hybridized carbons (Fsp3) is 0.0952. The topological polar surface area (TPSA) is 72.2 Å². The predicted octanol–water partition coefficient (Wildman–Crippen LogP) is 4.59. The van der Waals surface area contributed by atoms with Gasteiger partial charge in [0.25, 0.3) is 0 Å². The van der Waals surface area contributed by atoms with E-state index in [1.807, 2.05) is 0 Å². The summed E-state index contributed by atoms with van der Waals surface area (Å²) in [7, 11) is 0. The van der Waals surface area contributed by atoms with Crippen molar-refractivity contribution >= 4 is 11.6 Å². The van der Waals surface area contributed by atoms with Gasteiger partial charge in [0.15, 0.2) is 5.78 Å². The molecule has 2 aromatic carbocycles. The largest absolute Gasteiger partial charge is 0.508 e. The van der Waals surface area contributed by atoms with Gasteiger partial charge in [0.2, 0.25) is 5.78 Å². The minimum absolute atomic E-state index is 0.0524. The second-order valence-electron chi connectivity index (χ2n) is 6.23. The number of carbonyl (C=O) groups is 2. The first-order chi connectivity index (χ1) is 13.6. The van der Waals surface area contributed by atoms with Gasteiger partial charge in [-0.05, 0) is 73.7 Å². The van der Waals surface area contributed by atoms with E-state index in [0.717, 1.165) is 24.3 Å². The van der Waals surface area contributed by atoms with Crippen LogP contribution in [-0.4, -0.2) is 26.5 Å². The van der Waals surface area contributed by atoms with Gasteiger partial charge in [-0.1, -0.05) is 0 Å². The summed E-state index contributed by atoms with van der Waals surface area (Å²) in [5, 5.41) is 13.8. The Kier molecular flexibility index (Phi) is 5.36. The molecule has 1 aromatic heterocycles. The van der Waals surface area contributed by atoms with E-state index in [-0.39, 0.29) is 22.9 Å². The molecule has 0 aliphatic heterocycles. The molecule has 0 unspecified atom stereocenters. The quantitative estimate of drug-likeness (QED) is 0.502. The lowest BCUT2D eigenvalue weighted by Gasteiger charge is -2.09. The van der Waals surface area contributed by atoms with E-state index in [2.05, 4.69) is 5.10 Å². The highest BCUT2D eigenvalue weighted by Gasteiger charge is 2.30. The molecule has 0 atom stereocenters. The second kappa shape index (κ2) is 7.75. The number of carbonyl (C=O) groups excluding carboxylic acids is 2. The monoisotopic (exact) mass is 400 g/mol. The van der Waals surface area contributed by atoms with Crippen LogP contribution in [0.25, 0.3) is 16.9 Å². The van der Waals surface area contributed by atoms with Gasteiger partial charge in [-0.3, -0.25) is 9.59 Å². The van der Waals surface area contributed by atoms with Crippen LogP contribution in [0.2, 0.25) is 0 Å². The maximum absolute atomic E-state index is 12.8. The van der Waals surface area contributed by atoms with Crippen molar-refractivity contribution in [2.45, 2.75) is 13.1 Å². The molecule has 0 saturated carbocycles. The van der Waals surface area contributed by atoms with Gasteiger partial charge >= 0.3 is 6.18 Å². The summed E-state index contributed by atoms with van der Waals surface area (Å²) in [6.45, 7) is 1.29. The third-order valence-corrected chi connectivity index (χ3v) is 4.03. The second-order valence-corrected chi connectivity index (χ2v) is 6.23. The number of hydrogen-bond donors (Lipinski definition) is 1. The highest BCUT2D eigenvalue weighted by molar-refractivity contribution is 6.07. The van der Waals surface area contributed by atoms with Crippen LogP contribution in [-0.2, 0) is 11.0 Å². The molecule has 148 valence electrons. The number of rotatable bonds is 5. The number of aromatic hydroxyl groups is 1. The van der Waals surface area contributed by atoms with Crippen LogP contribution in [0.15, 0.2) is 66.7 Å². The summed E-state index contributed by atoms with van der Waals surface area (Å²) in [5.41, 5.74) is 0.479. The summed E-state index contributed by atoms with van der Waals surface area (Å²) in [5.74, 6) is -0.799. The van der Waals surface area contributed by atoms with E-state index in [4.69, 9.17) is 0 Å². The third-order valence-electron chi connectivity index (χ3n) is 4.03. The number of halogens is 3. The molecule has 0 aliphatic rings. The zero-order chi connectivity index (χ0) is 21.2. The molecule has 29 heavy (non-hydrogen) atoms. The van der Waals surface area contributed by atoms with Crippen LogP contribution in [0.5, 0.6) is 5.75 Å². The van der Waals surface area contributed by atoms with Crippen LogP contribution in [0, 0.1) is 0 Å². The number of nitrogens with zero attached hydrogens (tertiary/aromatic N) is 2. The van der Waals surface area contributed by atoms with Crippen molar-refractivity contribution in [1.82, 2.24) is 9.78 Å². The molecule has 0 amide bonds. The third kappa shape index (κ3) is 4.60. The molecule has 0 spiro atoms. The molecule has 0 bridgehead atoms. The Balaban J connectivity index is 2.09. The van der Waals surface area contributed by atoms with Gasteiger partial charge in [-0.25, -0.2) is 4.68 Å². The van der Waals surface area contributed by atoms with Crippen LogP contribution < -0.4 is 0 Å². The molecule has 1 heterocycles. The van der Waals surface area contributed by atoms with Gasteiger partial charge < -0.3 is 5.11 Å². The number of aromatic nitrogens is 2. The molecule has 3 aromatic rings. The average Bonchev–Trinajstić information content (AvgIpc) is 3.11. The lowest BCUT2D eigenvalue weighted by atomic mass is 10.1. The van der Waals surface area contributed by atoms with Crippen LogP contribution >= 0.6 is 0 Å². The van der Waals surface area contributed by atoms with E-state index in [1.54, 1.807) is 12.1 Å². The Morgan fingerprint density at radius 3 is 2.17 bits per heavy atom. The van der Waals surface area contributed by atoms with E-state index in [1.165, 1.54) is 41.9 Å². The number of ketones is 2. The SMILES string of the molecule is CC(=O)/C=C\C(=O)c1cc(-c2ccc(O)cc2)nn1-c1ccc(C(F)(F)F)cc1. The molecule has 5 nitrogen and oxygen atoms in total. The summed E-state index contributed by atoms with van der Waals surface area (Å²) < 4.78 is 39.7. The summed E-state index contributed by atoms with van der Waals surface area (Å²) in [4.78, 5) is 23.7. The Bertz CT molecular complexity index is 1080. The van der Waals surface area contributed by atoms with Crippen molar-refractivity contribution in [1.29, 1.82) is 0 Å². The maximum Gasteiger partial charge on any atom is 0.416 e. The Morgan fingerprint density at radius 1 is 1.00 bits per heavy atom. The van der Waals surface area contributed by atoms with E-state index < -0.39 is 17.5 Å². The fourth-order valence-corrected chi connectivity index (χ4v) is 2.60.